The van der Waals surface area contributed by atoms with Crippen LogP contribution in [0.5, 0.6) is 0 Å². The van der Waals surface area contributed by atoms with Gasteiger partial charge < -0.3 is 10.4 Å². The zero-order chi connectivity index (χ0) is 22.1. The van der Waals surface area contributed by atoms with Crippen LogP contribution < -0.4 is 21.4 Å². The lowest BCUT2D eigenvalue weighted by molar-refractivity contribution is -0.129. The number of benzene rings is 3. The number of carboxylic acids is 1. The highest BCUT2D eigenvalue weighted by Gasteiger charge is 2.28. The van der Waals surface area contributed by atoms with Crippen LogP contribution in [-0.4, -0.2) is 41.1 Å². The number of rotatable bonds is 5. The van der Waals surface area contributed by atoms with Gasteiger partial charge in [0.25, 0.3) is 11.7 Å². The number of aliphatic carboxylic acids is 1. The Labute approximate surface area is 183 Å². The highest BCUT2D eigenvalue weighted by molar-refractivity contribution is 6.41. The van der Waals surface area contributed by atoms with Gasteiger partial charge in [-0.1, -0.05) is 19.6 Å². The molecular weight excluding hydrogens is 410 g/mol. The van der Waals surface area contributed by atoms with Crippen LogP contribution in [0.3, 0.4) is 0 Å². The Morgan fingerprint density at radius 2 is 1.59 bits per heavy atom. The first-order valence-corrected chi connectivity index (χ1v) is 9.27. The van der Waals surface area contributed by atoms with Crippen molar-refractivity contribution < 1.29 is 24.9 Å². The monoisotopic (exact) mass is 432 g/mol. The molecule has 162 valence electrons. The Balaban J connectivity index is 0.00000289. The number of anilines is 2. The largest absolute Gasteiger partial charge is 0.477 e. The molecule has 0 fully saturated rings. The fourth-order valence-corrected chi connectivity index (χ4v) is 3.24. The van der Waals surface area contributed by atoms with Crippen LogP contribution >= 0.6 is 0 Å². The molecular formula is C23H22N5O4+. The van der Waals surface area contributed by atoms with E-state index in [0.717, 1.165) is 16.3 Å². The van der Waals surface area contributed by atoms with E-state index in [1.165, 1.54) is 4.90 Å². The van der Waals surface area contributed by atoms with Crippen LogP contribution in [0.2, 0.25) is 0 Å². The van der Waals surface area contributed by atoms with Gasteiger partial charge in [-0.15, -0.1) is 0 Å². The molecule has 0 bridgehead atoms. The number of urea groups is 1. The third-order valence-corrected chi connectivity index (χ3v) is 4.89. The third kappa shape index (κ3) is 4.31. The molecule has 32 heavy (non-hydrogen) atoms. The van der Waals surface area contributed by atoms with E-state index in [1.54, 1.807) is 42.5 Å². The fourth-order valence-electron chi connectivity index (χ4n) is 3.24. The number of nitrogens with one attached hydrogen (secondary N) is 1. The predicted molar refractivity (Wildman–Crippen MR) is 123 cm³/mol. The van der Waals surface area contributed by atoms with Gasteiger partial charge in [0.05, 0.1) is 12.1 Å². The summed E-state index contributed by atoms with van der Waals surface area (Å²) in [7, 11) is 0. The first-order valence-electron chi connectivity index (χ1n) is 9.27. The molecule has 0 unspecified atom stereocenters. The smallest absolute Gasteiger partial charge is 0.352 e. The van der Waals surface area contributed by atoms with Gasteiger partial charge in [-0.05, 0) is 59.3 Å². The van der Waals surface area contributed by atoms with Crippen molar-refractivity contribution in [2.24, 2.45) is 10.7 Å². The van der Waals surface area contributed by atoms with E-state index in [-0.39, 0.29) is 31.4 Å². The lowest BCUT2D eigenvalue weighted by Gasteiger charge is -2.15. The third-order valence-electron chi connectivity index (χ3n) is 4.89. The fraction of sp³-hybridized carbons (Fsp3) is 0.0870. The van der Waals surface area contributed by atoms with Gasteiger partial charge in [-0.25, -0.2) is 9.59 Å². The van der Waals surface area contributed by atoms with Crippen LogP contribution in [-0.2, 0) is 4.79 Å². The number of amides is 3. The van der Waals surface area contributed by atoms with Crippen molar-refractivity contribution in [3.8, 4) is 0 Å². The molecule has 4 rings (SSSR count). The second-order valence-corrected chi connectivity index (χ2v) is 6.97. The van der Waals surface area contributed by atoms with E-state index in [9.17, 15) is 14.4 Å². The van der Waals surface area contributed by atoms with Crippen molar-refractivity contribution >= 4 is 51.6 Å². The summed E-state index contributed by atoms with van der Waals surface area (Å²) in [5.74, 6) is -1.29. The highest BCUT2D eigenvalue weighted by atomic mass is 16.4. The van der Waals surface area contributed by atoms with E-state index >= 15 is 0 Å². The van der Waals surface area contributed by atoms with Crippen molar-refractivity contribution in [1.82, 2.24) is 0 Å². The lowest BCUT2D eigenvalue weighted by Crippen LogP contribution is -2.46. The predicted octanol–water partition coefficient (Wildman–Crippen LogP) is 1.66. The Kier molecular flexibility index (Phi) is 6.01. The van der Waals surface area contributed by atoms with Gasteiger partial charge in [0, 0.05) is 16.9 Å². The molecule has 3 amide bonds. The normalized spacial score (nSPS) is 12.8. The molecule has 3 aromatic carbocycles. The van der Waals surface area contributed by atoms with Gasteiger partial charge in [0.15, 0.2) is 5.71 Å². The summed E-state index contributed by atoms with van der Waals surface area (Å²) in [6, 6.07) is 16.6. The second-order valence-electron chi connectivity index (χ2n) is 6.97. The SMILES string of the molecule is C.NC(=[NH2+])c1ccc2cc(C(=O)Nc3ccc(N4CC(C(=O)O)=NC4=O)cc3)ccc2c1. The maximum Gasteiger partial charge on any atom is 0.352 e. The number of hydrogen-bond acceptors (Lipinski definition) is 3. The second kappa shape index (κ2) is 8.68. The van der Waals surface area contributed by atoms with Crippen molar-refractivity contribution in [2.45, 2.75) is 7.43 Å². The summed E-state index contributed by atoms with van der Waals surface area (Å²) in [4.78, 5) is 40.3. The van der Waals surface area contributed by atoms with E-state index in [0.29, 0.717) is 16.9 Å². The van der Waals surface area contributed by atoms with Crippen LogP contribution in [0.4, 0.5) is 16.2 Å². The minimum atomic E-state index is -1.23. The number of hydrogen-bond donors (Lipinski definition) is 4. The lowest BCUT2D eigenvalue weighted by atomic mass is 10.0. The topological polar surface area (TPSA) is 151 Å². The van der Waals surface area contributed by atoms with Gasteiger partial charge in [0.2, 0.25) is 0 Å². The molecule has 0 aliphatic carbocycles. The van der Waals surface area contributed by atoms with Gasteiger partial charge in [-0.3, -0.25) is 20.8 Å². The summed E-state index contributed by atoms with van der Waals surface area (Å²) in [6.45, 7) is -0.105. The van der Waals surface area contributed by atoms with E-state index in [4.69, 9.17) is 16.2 Å². The summed E-state index contributed by atoms with van der Waals surface area (Å²) in [5, 5.41) is 19.2. The molecule has 6 N–H and O–H groups in total. The number of carbonyl (C=O) groups is 3. The molecule has 1 heterocycles. The molecule has 0 saturated heterocycles. The summed E-state index contributed by atoms with van der Waals surface area (Å²) in [6.07, 6.45) is 0. The Morgan fingerprint density at radius 1 is 1.00 bits per heavy atom. The van der Waals surface area contributed by atoms with E-state index in [1.807, 2.05) is 18.2 Å². The summed E-state index contributed by atoms with van der Waals surface area (Å²) >= 11 is 0. The first kappa shape index (κ1) is 22.2. The van der Waals surface area contributed by atoms with Crippen LogP contribution in [0.1, 0.15) is 23.3 Å². The van der Waals surface area contributed by atoms with E-state index < -0.39 is 12.0 Å². The minimum Gasteiger partial charge on any atom is -0.477 e. The van der Waals surface area contributed by atoms with Crippen molar-refractivity contribution in [3.05, 3.63) is 71.8 Å². The van der Waals surface area contributed by atoms with Crippen molar-refractivity contribution in [2.75, 3.05) is 16.8 Å². The van der Waals surface area contributed by atoms with Crippen LogP contribution in [0.25, 0.3) is 10.8 Å². The number of carbonyl (C=O) groups excluding carboxylic acids is 2. The molecule has 0 spiro atoms. The first-order chi connectivity index (χ1) is 14.8. The quantitative estimate of drug-likeness (QED) is 0.357. The molecule has 9 heteroatoms. The molecule has 1 aliphatic rings. The number of fused-ring (bicyclic) bond motifs is 1. The minimum absolute atomic E-state index is 0. The number of carboxylic acid groups (broad SMARTS) is 1. The molecule has 0 aromatic heterocycles. The number of amidine groups is 1. The van der Waals surface area contributed by atoms with Crippen LogP contribution in [0, 0.1) is 0 Å². The van der Waals surface area contributed by atoms with Gasteiger partial charge in [0.1, 0.15) is 0 Å². The molecule has 0 saturated carbocycles. The molecule has 0 atom stereocenters. The zero-order valence-electron chi connectivity index (χ0n) is 16.2. The van der Waals surface area contributed by atoms with Gasteiger partial charge >= 0.3 is 12.0 Å². The molecule has 3 aromatic rings. The average molecular weight is 432 g/mol. The standard InChI is InChI=1S/C22H17N5O4.CH4/c23-19(24)14-3-1-13-10-15(4-2-12(13)9-14)20(28)25-16-5-7-17(8-6-16)27-11-18(21(29)30)26-22(27)31;/h1-10H,11H2,(H3,23,24)(H,25,28)(H,29,30);1H4/p+1. The zero-order valence-corrected chi connectivity index (χ0v) is 16.2. The van der Waals surface area contributed by atoms with Crippen molar-refractivity contribution in [1.29, 1.82) is 0 Å². The average Bonchev–Trinajstić information content (AvgIpc) is 3.15. The Hall–Kier alpha value is -4.53. The molecule has 9 nitrogen and oxygen atoms in total. The molecule has 0 radical (unpaired) electrons. The number of nitrogens with two attached hydrogens (primary N) is 2. The van der Waals surface area contributed by atoms with Crippen LogP contribution in [0.15, 0.2) is 65.7 Å². The number of nitrogens with zero attached hydrogens (tertiary/aromatic N) is 2. The molecule has 1 aliphatic heterocycles. The maximum absolute atomic E-state index is 12.6. The Morgan fingerprint density at radius 3 is 2.16 bits per heavy atom. The van der Waals surface area contributed by atoms with Gasteiger partial charge in [-0.2, -0.15) is 4.99 Å². The summed E-state index contributed by atoms with van der Waals surface area (Å²) < 4.78 is 0. The van der Waals surface area contributed by atoms with Crippen molar-refractivity contribution in [3.63, 3.8) is 0 Å². The van der Waals surface area contributed by atoms with E-state index in [2.05, 4.69) is 10.3 Å². The number of aliphatic imine (C=N–C) groups is 1. The maximum atomic E-state index is 12.6. The Bertz CT molecular complexity index is 1280. The summed E-state index contributed by atoms with van der Waals surface area (Å²) in [5.41, 5.74) is 7.63. The highest BCUT2D eigenvalue weighted by Crippen LogP contribution is 2.23.